The molecule has 0 spiro atoms. The molecule has 1 aromatic rings. The maximum atomic E-state index is 12.4. The molecule has 1 atom stereocenters. The number of nitrogens with one attached hydrogen (secondary N) is 1. The molecule has 9 heteroatoms. The van der Waals surface area contributed by atoms with Crippen LogP contribution in [0.2, 0.25) is 0 Å². The van der Waals surface area contributed by atoms with Gasteiger partial charge < -0.3 is 15.2 Å². The van der Waals surface area contributed by atoms with E-state index < -0.39 is 21.4 Å². The summed E-state index contributed by atoms with van der Waals surface area (Å²) >= 11 is 0. The third kappa shape index (κ3) is 5.75. The second-order valence-corrected chi connectivity index (χ2v) is 7.62. The Morgan fingerprint density at radius 1 is 1.28 bits per heavy atom. The number of aliphatic hydroxyl groups is 1. The first-order valence-electron chi connectivity index (χ1n) is 7.92. The first-order valence-corrected chi connectivity index (χ1v) is 9.42. The summed E-state index contributed by atoms with van der Waals surface area (Å²) in [6.07, 6.45) is -0.154. The van der Waals surface area contributed by atoms with E-state index in [-0.39, 0.29) is 19.4 Å². The summed E-state index contributed by atoms with van der Waals surface area (Å²) in [7, 11) is -4.42. The van der Waals surface area contributed by atoms with Crippen LogP contribution in [0.25, 0.3) is 0 Å². The van der Waals surface area contributed by atoms with Gasteiger partial charge in [0, 0.05) is 12.2 Å². The Morgan fingerprint density at radius 2 is 1.84 bits per heavy atom. The number of anilines is 1. The monoisotopic (exact) mass is 374 g/mol. The Bertz CT molecular complexity index is 670. The van der Waals surface area contributed by atoms with Crippen LogP contribution in [-0.4, -0.2) is 48.8 Å². The van der Waals surface area contributed by atoms with Gasteiger partial charge in [-0.05, 0) is 45.7 Å². The summed E-state index contributed by atoms with van der Waals surface area (Å²) in [4.78, 5) is 17.2. The highest BCUT2D eigenvalue weighted by Crippen LogP contribution is 2.20. The molecule has 1 amide bonds. The highest BCUT2D eigenvalue weighted by atomic mass is 32.2. The summed E-state index contributed by atoms with van der Waals surface area (Å²) in [5.41, 5.74) is -0.321. The number of aryl methyl sites for hydroxylation is 2. The Balaban J connectivity index is 2.87. The lowest BCUT2D eigenvalue weighted by molar-refractivity contribution is -0.185. The standard InChI is InChI=1S/C16H26N2O6S/c1-6-18(24-10-23-11(2)3)25(21,22)16(20)15(19)17-14-12(4)8-7-9-13(14)5/h7-9,11,16,20H,6,10H2,1-5H3,(H,17,19). The lowest BCUT2D eigenvalue weighted by atomic mass is 10.1. The van der Waals surface area contributed by atoms with E-state index >= 15 is 0 Å². The van der Waals surface area contributed by atoms with E-state index in [1.54, 1.807) is 39.8 Å². The molecule has 0 saturated heterocycles. The molecular weight excluding hydrogens is 348 g/mol. The zero-order chi connectivity index (χ0) is 19.2. The highest BCUT2D eigenvalue weighted by Gasteiger charge is 2.36. The molecule has 25 heavy (non-hydrogen) atoms. The third-order valence-electron chi connectivity index (χ3n) is 3.38. The van der Waals surface area contributed by atoms with Gasteiger partial charge in [0.05, 0.1) is 6.10 Å². The fourth-order valence-electron chi connectivity index (χ4n) is 2.01. The normalized spacial score (nSPS) is 13.3. The minimum absolute atomic E-state index is 0.0858. The van der Waals surface area contributed by atoms with Gasteiger partial charge in [0.2, 0.25) is 0 Å². The fourth-order valence-corrected chi connectivity index (χ4v) is 3.12. The summed E-state index contributed by atoms with van der Waals surface area (Å²) < 4.78 is 30.4. The quantitative estimate of drug-likeness (QED) is 0.502. The van der Waals surface area contributed by atoms with Gasteiger partial charge in [-0.15, -0.1) is 0 Å². The summed E-state index contributed by atoms with van der Waals surface area (Å²) in [6, 6.07) is 5.36. The predicted molar refractivity (Wildman–Crippen MR) is 94.0 cm³/mol. The molecule has 1 rings (SSSR count). The maximum absolute atomic E-state index is 12.4. The second-order valence-electron chi connectivity index (χ2n) is 5.73. The van der Waals surface area contributed by atoms with Crippen molar-refractivity contribution in [3.63, 3.8) is 0 Å². The third-order valence-corrected chi connectivity index (χ3v) is 5.09. The number of aliphatic hydroxyl groups excluding tert-OH is 1. The number of benzene rings is 1. The maximum Gasteiger partial charge on any atom is 0.272 e. The Hall–Kier alpha value is -1.52. The molecule has 0 bridgehead atoms. The van der Waals surface area contributed by atoms with E-state index in [0.717, 1.165) is 11.1 Å². The van der Waals surface area contributed by atoms with Gasteiger partial charge in [-0.3, -0.25) is 9.63 Å². The molecule has 0 aliphatic rings. The van der Waals surface area contributed by atoms with E-state index in [4.69, 9.17) is 9.57 Å². The molecule has 0 aromatic heterocycles. The molecule has 2 N–H and O–H groups in total. The predicted octanol–water partition coefficient (Wildman–Crippen LogP) is 1.53. The molecule has 0 fully saturated rings. The van der Waals surface area contributed by atoms with Crippen LogP contribution in [0.1, 0.15) is 31.9 Å². The number of sulfonamides is 1. The van der Waals surface area contributed by atoms with Gasteiger partial charge in [-0.1, -0.05) is 22.7 Å². The topological polar surface area (TPSA) is 105 Å². The number of hydroxylamine groups is 1. The van der Waals surface area contributed by atoms with Gasteiger partial charge in [0.25, 0.3) is 21.4 Å². The Labute approximate surface area is 148 Å². The zero-order valence-corrected chi connectivity index (χ0v) is 16.0. The van der Waals surface area contributed by atoms with E-state index in [2.05, 4.69) is 5.32 Å². The van der Waals surface area contributed by atoms with Crippen LogP contribution in [-0.2, 0) is 24.4 Å². The molecule has 1 unspecified atom stereocenters. The minimum atomic E-state index is -4.42. The Kier molecular flexibility index (Phi) is 7.97. The molecule has 0 aliphatic carbocycles. The largest absolute Gasteiger partial charge is 0.368 e. The van der Waals surface area contributed by atoms with Crippen molar-refractivity contribution in [3.05, 3.63) is 29.3 Å². The number of carbonyl (C=O) groups excluding carboxylic acids is 1. The van der Waals surface area contributed by atoms with Crippen molar-refractivity contribution in [2.45, 2.75) is 46.2 Å². The minimum Gasteiger partial charge on any atom is -0.368 e. The van der Waals surface area contributed by atoms with Crippen LogP contribution in [0.15, 0.2) is 18.2 Å². The molecule has 1 aromatic carbocycles. The van der Waals surface area contributed by atoms with Crippen LogP contribution in [0.3, 0.4) is 0 Å². The van der Waals surface area contributed by atoms with Gasteiger partial charge in [-0.25, -0.2) is 8.42 Å². The number of carbonyl (C=O) groups is 1. The molecule has 0 aliphatic heterocycles. The van der Waals surface area contributed by atoms with Crippen molar-refractivity contribution in [1.29, 1.82) is 0 Å². The highest BCUT2D eigenvalue weighted by molar-refractivity contribution is 7.90. The van der Waals surface area contributed by atoms with Crippen LogP contribution >= 0.6 is 0 Å². The number of ether oxygens (including phenoxy) is 1. The number of hydrogen-bond acceptors (Lipinski definition) is 6. The van der Waals surface area contributed by atoms with Crippen LogP contribution in [0, 0.1) is 13.8 Å². The van der Waals surface area contributed by atoms with Crippen molar-refractivity contribution in [3.8, 4) is 0 Å². The fraction of sp³-hybridized carbons (Fsp3) is 0.562. The van der Waals surface area contributed by atoms with Gasteiger partial charge in [0.15, 0.2) is 6.79 Å². The lowest BCUT2D eigenvalue weighted by Crippen LogP contribution is -2.45. The lowest BCUT2D eigenvalue weighted by Gasteiger charge is -2.23. The van der Waals surface area contributed by atoms with E-state index in [9.17, 15) is 18.3 Å². The second kappa shape index (κ2) is 9.25. The number of hydrogen-bond donors (Lipinski definition) is 2. The van der Waals surface area contributed by atoms with Crippen molar-refractivity contribution in [2.75, 3.05) is 18.7 Å². The van der Waals surface area contributed by atoms with Gasteiger partial charge in [-0.2, -0.15) is 0 Å². The SMILES string of the molecule is CCN(OCOC(C)C)S(=O)(=O)C(O)C(=O)Nc1c(C)cccc1C. The van der Waals surface area contributed by atoms with E-state index in [1.807, 2.05) is 6.07 Å². The summed E-state index contributed by atoms with van der Waals surface area (Å²) in [5, 5.41) is 12.5. The van der Waals surface area contributed by atoms with Crippen LogP contribution in [0.4, 0.5) is 5.69 Å². The average molecular weight is 374 g/mol. The van der Waals surface area contributed by atoms with Crippen LogP contribution < -0.4 is 5.32 Å². The zero-order valence-electron chi connectivity index (χ0n) is 15.1. The van der Waals surface area contributed by atoms with Gasteiger partial charge >= 0.3 is 0 Å². The smallest absolute Gasteiger partial charge is 0.272 e. The number of nitrogens with zero attached hydrogens (tertiary/aromatic N) is 1. The summed E-state index contributed by atoms with van der Waals surface area (Å²) in [6.45, 7) is 8.20. The Morgan fingerprint density at radius 3 is 2.32 bits per heavy atom. The number of amides is 1. The van der Waals surface area contributed by atoms with Crippen molar-refractivity contribution >= 4 is 21.6 Å². The van der Waals surface area contributed by atoms with Crippen molar-refractivity contribution in [1.82, 2.24) is 4.47 Å². The van der Waals surface area contributed by atoms with Gasteiger partial charge in [0.1, 0.15) is 0 Å². The molecular formula is C16H26N2O6S. The van der Waals surface area contributed by atoms with Crippen molar-refractivity contribution in [2.24, 2.45) is 0 Å². The molecule has 142 valence electrons. The first-order chi connectivity index (χ1) is 11.6. The number of para-hydroxylation sites is 1. The van der Waals surface area contributed by atoms with E-state index in [1.165, 1.54) is 6.92 Å². The first kappa shape index (κ1) is 21.5. The summed E-state index contributed by atoms with van der Waals surface area (Å²) in [5.74, 6) is -1.05. The van der Waals surface area contributed by atoms with Crippen molar-refractivity contribution < 1.29 is 27.9 Å². The molecule has 0 radical (unpaired) electrons. The molecule has 8 nitrogen and oxygen atoms in total. The molecule has 0 saturated carbocycles. The average Bonchev–Trinajstić information content (AvgIpc) is 2.53. The van der Waals surface area contributed by atoms with Crippen LogP contribution in [0.5, 0.6) is 0 Å². The number of rotatable bonds is 9. The van der Waals surface area contributed by atoms with E-state index in [0.29, 0.717) is 10.2 Å². The molecule has 0 heterocycles.